The summed E-state index contributed by atoms with van der Waals surface area (Å²) in [6, 6.07) is 4.35. The van der Waals surface area contributed by atoms with Gasteiger partial charge in [0.2, 0.25) is 0 Å². The Hall–Kier alpha value is -2.24. The molecule has 0 saturated heterocycles. The quantitative estimate of drug-likeness (QED) is 0.307. The Kier molecular flexibility index (Phi) is 6.16. The Morgan fingerprint density at radius 2 is 2.12 bits per heavy atom. The molecule has 1 aliphatic rings. The third-order valence-corrected chi connectivity index (χ3v) is 4.68. The standard InChI is InChI=1S/C18H15F4NO2S/c1-3-11(9-23)8-10(2)6-7-25-12-4-5-13-15(14(12)17(19)20)16(24)18(21,22)26-13/h3-8,16-17,24H,1-2H3/b7-6+,10-8-,11-3+. The van der Waals surface area contributed by atoms with Gasteiger partial charge in [-0.2, -0.15) is 14.0 Å². The fourth-order valence-electron chi connectivity index (χ4n) is 2.35. The van der Waals surface area contributed by atoms with Gasteiger partial charge in [0.25, 0.3) is 6.43 Å². The van der Waals surface area contributed by atoms with Crippen LogP contribution in [0.15, 0.2) is 52.7 Å². The van der Waals surface area contributed by atoms with Gasteiger partial charge in [0, 0.05) is 16.0 Å². The molecule has 1 atom stereocenters. The summed E-state index contributed by atoms with van der Waals surface area (Å²) < 4.78 is 59.3. The maximum Gasteiger partial charge on any atom is 0.327 e. The first-order valence-electron chi connectivity index (χ1n) is 7.49. The summed E-state index contributed by atoms with van der Waals surface area (Å²) in [6.07, 6.45) is 0.320. The van der Waals surface area contributed by atoms with Crippen LogP contribution < -0.4 is 4.74 Å². The Morgan fingerprint density at radius 1 is 1.42 bits per heavy atom. The van der Waals surface area contributed by atoms with Crippen LogP contribution in [0.1, 0.15) is 37.5 Å². The van der Waals surface area contributed by atoms with Gasteiger partial charge in [0.05, 0.1) is 17.9 Å². The van der Waals surface area contributed by atoms with E-state index in [-0.39, 0.29) is 22.4 Å². The van der Waals surface area contributed by atoms with Crippen LogP contribution in [0.25, 0.3) is 0 Å². The van der Waals surface area contributed by atoms with Crippen LogP contribution in [0.3, 0.4) is 0 Å². The molecule has 1 aromatic carbocycles. The molecular weight excluding hydrogens is 370 g/mol. The summed E-state index contributed by atoms with van der Waals surface area (Å²) in [4.78, 5) is -0.100. The van der Waals surface area contributed by atoms with Gasteiger partial charge in [-0.15, -0.1) is 0 Å². The molecule has 26 heavy (non-hydrogen) atoms. The van der Waals surface area contributed by atoms with Gasteiger partial charge >= 0.3 is 5.25 Å². The van der Waals surface area contributed by atoms with Crippen molar-refractivity contribution in [1.82, 2.24) is 0 Å². The third-order valence-electron chi connectivity index (χ3n) is 3.61. The summed E-state index contributed by atoms with van der Waals surface area (Å²) in [5, 5.41) is 15.0. The van der Waals surface area contributed by atoms with E-state index in [2.05, 4.69) is 0 Å². The topological polar surface area (TPSA) is 53.2 Å². The van der Waals surface area contributed by atoms with Crippen LogP contribution in [0, 0.1) is 11.3 Å². The monoisotopic (exact) mass is 385 g/mol. The van der Waals surface area contributed by atoms with Crippen LogP contribution in [-0.2, 0) is 0 Å². The van der Waals surface area contributed by atoms with Crippen molar-refractivity contribution in [3.05, 3.63) is 58.9 Å². The number of allylic oxidation sites excluding steroid dienone is 5. The lowest BCUT2D eigenvalue weighted by Crippen LogP contribution is -2.17. The fourth-order valence-corrected chi connectivity index (χ4v) is 3.34. The maximum absolute atomic E-state index is 13.6. The third kappa shape index (κ3) is 4.11. The molecule has 0 saturated carbocycles. The summed E-state index contributed by atoms with van der Waals surface area (Å²) in [7, 11) is 0. The number of hydrogen-bond donors (Lipinski definition) is 1. The van der Waals surface area contributed by atoms with E-state index in [1.54, 1.807) is 26.0 Å². The highest BCUT2D eigenvalue weighted by molar-refractivity contribution is 8.00. The highest BCUT2D eigenvalue weighted by atomic mass is 32.2. The van der Waals surface area contributed by atoms with E-state index in [4.69, 9.17) is 10.00 Å². The van der Waals surface area contributed by atoms with Gasteiger partial charge in [0.15, 0.2) is 6.10 Å². The second-order valence-corrected chi connectivity index (χ2v) is 6.61. The van der Waals surface area contributed by atoms with Gasteiger partial charge in [-0.05, 0) is 55.5 Å². The predicted molar refractivity (Wildman–Crippen MR) is 90.1 cm³/mol. The maximum atomic E-state index is 13.6. The molecule has 1 aromatic rings. The SMILES string of the molecule is C\C=C(C#N)/C=C(C)\C=C\Oc1ccc2c(c1C(F)F)C(O)C(F)(F)S2. The van der Waals surface area contributed by atoms with E-state index in [0.717, 1.165) is 12.3 Å². The Bertz CT molecular complexity index is 825. The molecular formula is C18H15F4NO2S. The number of nitrogens with zero attached hydrogens (tertiary/aromatic N) is 1. The molecule has 0 amide bonds. The smallest absolute Gasteiger partial charge is 0.327 e. The summed E-state index contributed by atoms with van der Waals surface area (Å²) in [5.41, 5.74) is -0.215. The van der Waals surface area contributed by atoms with Crippen LogP contribution in [0.4, 0.5) is 17.6 Å². The number of aliphatic hydroxyl groups excluding tert-OH is 1. The molecule has 0 aromatic heterocycles. The Morgan fingerprint density at radius 3 is 2.69 bits per heavy atom. The first-order valence-corrected chi connectivity index (χ1v) is 8.30. The van der Waals surface area contributed by atoms with Gasteiger partial charge in [-0.1, -0.05) is 6.08 Å². The highest BCUT2D eigenvalue weighted by Gasteiger charge is 2.50. The van der Waals surface area contributed by atoms with Crippen molar-refractivity contribution in [1.29, 1.82) is 5.26 Å². The minimum Gasteiger partial charge on any atom is -0.464 e. The minimum absolute atomic E-state index is 0.0460. The molecule has 0 spiro atoms. The normalized spacial score (nSPS) is 19.7. The average Bonchev–Trinajstić information content (AvgIpc) is 2.81. The first kappa shape index (κ1) is 20.1. The van der Waals surface area contributed by atoms with Crippen molar-refractivity contribution in [2.45, 2.75) is 36.5 Å². The van der Waals surface area contributed by atoms with Gasteiger partial charge < -0.3 is 9.84 Å². The number of ether oxygens (including phenoxy) is 1. The van der Waals surface area contributed by atoms with E-state index in [1.165, 1.54) is 12.1 Å². The van der Waals surface area contributed by atoms with Crippen molar-refractivity contribution >= 4 is 11.8 Å². The number of rotatable bonds is 5. The number of thioether (sulfide) groups is 1. The predicted octanol–water partition coefficient (Wildman–Crippen LogP) is 5.66. The van der Waals surface area contributed by atoms with Crippen molar-refractivity contribution < 1.29 is 27.4 Å². The van der Waals surface area contributed by atoms with E-state index in [0.29, 0.717) is 11.1 Å². The molecule has 1 unspecified atom stereocenters. The largest absolute Gasteiger partial charge is 0.464 e. The van der Waals surface area contributed by atoms with Gasteiger partial charge in [0.1, 0.15) is 5.75 Å². The zero-order valence-electron chi connectivity index (χ0n) is 13.8. The van der Waals surface area contributed by atoms with Crippen LogP contribution in [0.5, 0.6) is 5.75 Å². The van der Waals surface area contributed by atoms with E-state index >= 15 is 0 Å². The van der Waals surface area contributed by atoms with E-state index in [1.807, 2.05) is 6.07 Å². The van der Waals surface area contributed by atoms with Crippen LogP contribution in [0.2, 0.25) is 0 Å². The van der Waals surface area contributed by atoms with Crippen molar-refractivity contribution in [2.24, 2.45) is 0 Å². The number of fused-ring (bicyclic) bond motifs is 1. The lowest BCUT2D eigenvalue weighted by atomic mass is 10.0. The average molecular weight is 385 g/mol. The zero-order chi connectivity index (χ0) is 19.5. The summed E-state index contributed by atoms with van der Waals surface area (Å²) in [6.45, 7) is 3.37. The second-order valence-electron chi connectivity index (χ2n) is 5.42. The molecule has 1 aliphatic heterocycles. The first-order chi connectivity index (χ1) is 12.2. The van der Waals surface area contributed by atoms with E-state index < -0.39 is 28.9 Å². The molecule has 0 fully saturated rings. The lowest BCUT2D eigenvalue weighted by molar-refractivity contribution is -0.0327. The number of halogens is 4. The molecule has 1 N–H and O–H groups in total. The Balaban J connectivity index is 2.31. The number of hydrogen-bond acceptors (Lipinski definition) is 4. The van der Waals surface area contributed by atoms with Gasteiger partial charge in [-0.25, -0.2) is 8.78 Å². The molecule has 0 bridgehead atoms. The lowest BCUT2D eigenvalue weighted by Gasteiger charge is -2.16. The number of nitriles is 1. The molecule has 138 valence electrons. The van der Waals surface area contributed by atoms with Crippen molar-refractivity contribution in [3.8, 4) is 11.8 Å². The molecule has 0 radical (unpaired) electrons. The minimum atomic E-state index is -3.57. The second kappa shape index (κ2) is 7.98. The van der Waals surface area contributed by atoms with Crippen LogP contribution in [-0.4, -0.2) is 10.4 Å². The molecule has 3 nitrogen and oxygen atoms in total. The zero-order valence-corrected chi connectivity index (χ0v) is 14.7. The molecule has 8 heteroatoms. The molecule has 1 heterocycles. The Labute approximate surface area is 152 Å². The number of benzene rings is 1. The van der Waals surface area contributed by atoms with Crippen molar-refractivity contribution in [3.63, 3.8) is 0 Å². The summed E-state index contributed by atoms with van der Waals surface area (Å²) >= 11 is 0.0460. The number of aliphatic hydroxyl groups is 1. The van der Waals surface area contributed by atoms with E-state index in [9.17, 15) is 22.7 Å². The van der Waals surface area contributed by atoms with Crippen LogP contribution >= 0.6 is 11.8 Å². The number of alkyl halides is 4. The highest BCUT2D eigenvalue weighted by Crippen LogP contribution is 2.57. The molecule has 2 rings (SSSR count). The summed E-state index contributed by atoms with van der Waals surface area (Å²) in [5.74, 6) is -0.313. The van der Waals surface area contributed by atoms with Gasteiger partial charge in [-0.3, -0.25) is 0 Å². The van der Waals surface area contributed by atoms with Crippen molar-refractivity contribution in [2.75, 3.05) is 0 Å². The molecule has 0 aliphatic carbocycles. The fraction of sp³-hybridized carbons (Fsp3) is 0.278.